The molecule has 2 saturated heterocycles. The number of piperazine rings is 1. The van der Waals surface area contributed by atoms with Crippen molar-refractivity contribution in [1.29, 1.82) is 0 Å². The van der Waals surface area contributed by atoms with Crippen LogP contribution in [0.1, 0.15) is 5.69 Å². The molecule has 2 fully saturated rings. The first-order chi connectivity index (χ1) is 11.7. The Morgan fingerprint density at radius 1 is 0.958 bits per heavy atom. The lowest BCUT2D eigenvalue weighted by atomic mass is 10.1. The van der Waals surface area contributed by atoms with E-state index in [1.54, 1.807) is 0 Å². The summed E-state index contributed by atoms with van der Waals surface area (Å²) in [6, 6.07) is 9.32. The van der Waals surface area contributed by atoms with E-state index >= 15 is 0 Å². The van der Waals surface area contributed by atoms with Crippen molar-refractivity contribution in [2.24, 2.45) is 0 Å². The second-order valence-corrected chi connectivity index (χ2v) is 6.56. The second-order valence-electron chi connectivity index (χ2n) is 6.56. The van der Waals surface area contributed by atoms with Gasteiger partial charge in [0.15, 0.2) is 0 Å². The Labute approximate surface area is 141 Å². The topological polar surface area (TPSA) is 35.5 Å². The van der Waals surface area contributed by atoms with E-state index < -0.39 is 0 Å². The third-order valence-corrected chi connectivity index (χ3v) is 4.95. The third-order valence-electron chi connectivity index (χ3n) is 4.95. The fraction of sp³-hybridized carbons (Fsp3) is 0.444. The molecule has 126 valence electrons. The third kappa shape index (κ3) is 3.06. The highest BCUT2D eigenvalue weighted by molar-refractivity contribution is 5.46. The van der Waals surface area contributed by atoms with Crippen LogP contribution in [0.5, 0.6) is 0 Å². The molecule has 2 aromatic rings. The van der Waals surface area contributed by atoms with Crippen LogP contribution in [0, 0.1) is 12.7 Å². The van der Waals surface area contributed by atoms with Crippen LogP contribution >= 0.6 is 0 Å². The molecule has 24 heavy (non-hydrogen) atoms. The van der Waals surface area contributed by atoms with E-state index in [1.165, 1.54) is 12.1 Å². The zero-order valence-electron chi connectivity index (χ0n) is 13.9. The van der Waals surface area contributed by atoms with Gasteiger partial charge in [-0.2, -0.15) is 0 Å². The van der Waals surface area contributed by atoms with Crippen LogP contribution in [-0.4, -0.2) is 60.2 Å². The normalized spacial score (nSPS) is 19.4. The largest absolute Gasteiger partial charge is 0.369 e. The van der Waals surface area contributed by atoms with Crippen LogP contribution in [0.25, 0.3) is 0 Å². The fourth-order valence-electron chi connectivity index (χ4n) is 3.43. The van der Waals surface area contributed by atoms with Crippen LogP contribution in [-0.2, 0) is 0 Å². The molecule has 6 heteroatoms. The molecule has 0 aliphatic carbocycles. The minimum absolute atomic E-state index is 0.176. The van der Waals surface area contributed by atoms with Gasteiger partial charge in [-0.05, 0) is 37.3 Å². The molecule has 1 aromatic carbocycles. The van der Waals surface area contributed by atoms with Gasteiger partial charge in [-0.25, -0.2) is 14.4 Å². The summed E-state index contributed by atoms with van der Waals surface area (Å²) in [4.78, 5) is 16.0. The number of hydrogen-bond donors (Lipinski definition) is 0. The zero-order chi connectivity index (χ0) is 16.5. The Morgan fingerprint density at radius 3 is 2.33 bits per heavy atom. The summed E-state index contributed by atoms with van der Waals surface area (Å²) < 4.78 is 13.0. The molecule has 0 bridgehead atoms. The number of nitrogens with zero attached hydrogens (tertiary/aromatic N) is 5. The highest BCUT2D eigenvalue weighted by atomic mass is 19.1. The van der Waals surface area contributed by atoms with Crippen LogP contribution in [0.4, 0.5) is 16.0 Å². The minimum atomic E-state index is -0.176. The Kier molecular flexibility index (Phi) is 4.06. The highest BCUT2D eigenvalue weighted by Gasteiger charge is 2.34. The molecule has 0 atom stereocenters. The van der Waals surface area contributed by atoms with E-state index in [9.17, 15) is 4.39 Å². The number of rotatable bonds is 3. The first kappa shape index (κ1) is 15.3. The van der Waals surface area contributed by atoms with E-state index in [1.807, 2.05) is 31.3 Å². The van der Waals surface area contributed by atoms with Gasteiger partial charge in [0, 0.05) is 62.9 Å². The number of aromatic nitrogens is 2. The van der Waals surface area contributed by atoms with Gasteiger partial charge in [0.25, 0.3) is 0 Å². The molecule has 2 aliphatic heterocycles. The smallest absolute Gasteiger partial charge is 0.225 e. The molecule has 2 aliphatic rings. The Bertz CT molecular complexity index is 691. The van der Waals surface area contributed by atoms with Crippen molar-refractivity contribution < 1.29 is 4.39 Å². The van der Waals surface area contributed by atoms with Crippen molar-refractivity contribution in [3.63, 3.8) is 0 Å². The summed E-state index contributed by atoms with van der Waals surface area (Å²) in [6.07, 6.45) is 1.83. The second kappa shape index (κ2) is 6.36. The van der Waals surface area contributed by atoms with Crippen LogP contribution in [0.2, 0.25) is 0 Å². The van der Waals surface area contributed by atoms with Gasteiger partial charge in [0.05, 0.1) is 0 Å². The summed E-state index contributed by atoms with van der Waals surface area (Å²) in [6.45, 7) is 8.07. The van der Waals surface area contributed by atoms with E-state index in [4.69, 9.17) is 0 Å². The maximum absolute atomic E-state index is 13.0. The molecule has 0 spiro atoms. The van der Waals surface area contributed by atoms with E-state index in [0.29, 0.717) is 6.04 Å². The van der Waals surface area contributed by atoms with Gasteiger partial charge in [-0.15, -0.1) is 0 Å². The molecule has 5 nitrogen and oxygen atoms in total. The van der Waals surface area contributed by atoms with Gasteiger partial charge in [0.1, 0.15) is 5.82 Å². The van der Waals surface area contributed by atoms with Crippen molar-refractivity contribution in [1.82, 2.24) is 14.9 Å². The molecule has 3 heterocycles. The summed E-state index contributed by atoms with van der Waals surface area (Å²) in [5.41, 5.74) is 2.12. The Balaban J connectivity index is 1.29. The average Bonchev–Trinajstić information content (AvgIpc) is 2.55. The highest BCUT2D eigenvalue weighted by Crippen LogP contribution is 2.23. The maximum Gasteiger partial charge on any atom is 0.225 e. The number of hydrogen-bond acceptors (Lipinski definition) is 5. The van der Waals surface area contributed by atoms with E-state index in [-0.39, 0.29) is 5.82 Å². The van der Waals surface area contributed by atoms with Crippen LogP contribution in [0.3, 0.4) is 0 Å². The summed E-state index contributed by atoms with van der Waals surface area (Å²) in [5.74, 6) is 0.668. The van der Waals surface area contributed by atoms with Gasteiger partial charge >= 0.3 is 0 Å². The average molecular weight is 327 g/mol. The number of halogens is 1. The first-order valence-corrected chi connectivity index (χ1v) is 8.48. The lowest BCUT2D eigenvalue weighted by Gasteiger charge is -2.48. The molecular formula is C18H22FN5. The summed E-state index contributed by atoms with van der Waals surface area (Å²) >= 11 is 0. The summed E-state index contributed by atoms with van der Waals surface area (Å²) in [7, 11) is 0. The molecule has 1 aromatic heterocycles. The molecule has 4 rings (SSSR count). The monoisotopic (exact) mass is 327 g/mol. The van der Waals surface area contributed by atoms with Crippen molar-refractivity contribution in [2.75, 3.05) is 49.1 Å². The first-order valence-electron chi connectivity index (χ1n) is 8.48. The lowest BCUT2D eigenvalue weighted by Crippen LogP contribution is -2.63. The Hall–Kier alpha value is -2.21. The van der Waals surface area contributed by atoms with Gasteiger partial charge < -0.3 is 9.80 Å². The summed E-state index contributed by atoms with van der Waals surface area (Å²) in [5, 5.41) is 0. The predicted octanol–water partition coefficient (Wildman–Crippen LogP) is 1.93. The maximum atomic E-state index is 13.0. The number of aryl methyl sites for hydroxylation is 1. The number of anilines is 2. The van der Waals surface area contributed by atoms with Gasteiger partial charge in [-0.3, -0.25) is 4.90 Å². The van der Waals surface area contributed by atoms with Gasteiger partial charge in [0.2, 0.25) is 5.95 Å². The molecule has 0 unspecified atom stereocenters. The zero-order valence-corrected chi connectivity index (χ0v) is 13.9. The van der Waals surface area contributed by atoms with Crippen LogP contribution in [0.15, 0.2) is 36.5 Å². The van der Waals surface area contributed by atoms with Gasteiger partial charge in [-0.1, -0.05) is 0 Å². The molecule has 0 saturated carbocycles. The van der Waals surface area contributed by atoms with Crippen molar-refractivity contribution in [2.45, 2.75) is 13.0 Å². The van der Waals surface area contributed by atoms with Crippen molar-refractivity contribution in [3.05, 3.63) is 48.0 Å². The molecule has 0 radical (unpaired) electrons. The Morgan fingerprint density at radius 2 is 1.67 bits per heavy atom. The molecule has 0 amide bonds. The SMILES string of the molecule is Cc1ccnc(N2CC(N3CCN(c4ccc(F)cc4)CC3)C2)n1. The standard InChI is InChI=1S/C18H22FN5/c1-14-6-7-20-18(21-14)24-12-17(13-24)23-10-8-22(9-11-23)16-4-2-15(19)3-5-16/h2-7,17H,8-13H2,1H3. The quantitative estimate of drug-likeness (QED) is 0.861. The van der Waals surface area contributed by atoms with E-state index in [2.05, 4.69) is 24.7 Å². The molecule has 0 N–H and O–H groups in total. The fourth-order valence-corrected chi connectivity index (χ4v) is 3.43. The number of benzene rings is 1. The lowest BCUT2D eigenvalue weighted by molar-refractivity contribution is 0.156. The van der Waals surface area contributed by atoms with E-state index in [0.717, 1.165) is 56.6 Å². The van der Waals surface area contributed by atoms with Crippen molar-refractivity contribution in [3.8, 4) is 0 Å². The molecular weight excluding hydrogens is 305 g/mol. The van der Waals surface area contributed by atoms with Crippen LogP contribution < -0.4 is 9.80 Å². The minimum Gasteiger partial charge on any atom is -0.369 e. The van der Waals surface area contributed by atoms with Crippen molar-refractivity contribution >= 4 is 11.6 Å². The predicted molar refractivity (Wildman–Crippen MR) is 93.0 cm³/mol.